The first kappa shape index (κ1) is 43.8. The van der Waals surface area contributed by atoms with Crippen molar-refractivity contribution in [2.45, 2.75) is 77.1 Å². The van der Waals surface area contributed by atoms with E-state index < -0.39 is 13.3 Å². The molecule has 311 valence electrons. The van der Waals surface area contributed by atoms with Crippen LogP contribution in [-0.4, -0.2) is 43.0 Å². The number of imidazole rings is 1. The topological polar surface area (TPSA) is 82.5 Å². The number of para-hydroxylation sites is 1. The van der Waals surface area contributed by atoms with Gasteiger partial charge in [0.25, 0.3) is 0 Å². The van der Waals surface area contributed by atoms with Gasteiger partial charge in [-0.05, 0) is 52.3 Å². The predicted octanol–water partition coefficient (Wildman–Crippen LogP) is 12.8. The minimum atomic E-state index is -1.86. The fraction of sp³-hybridized carbons (Fsp3) is 0.250. The van der Waals surface area contributed by atoms with E-state index in [1.165, 1.54) is 34.1 Å². The average molecular weight is 1040 g/mol. The van der Waals surface area contributed by atoms with Crippen molar-refractivity contribution in [2.75, 3.05) is 0 Å². The second-order valence-corrected chi connectivity index (χ2v) is 28.2. The van der Waals surface area contributed by atoms with Crippen molar-refractivity contribution in [3.8, 4) is 39.5 Å². The van der Waals surface area contributed by atoms with Crippen molar-refractivity contribution in [3.63, 3.8) is 0 Å². The summed E-state index contributed by atoms with van der Waals surface area (Å²) >= 11 is -1.86. The molecule has 4 heterocycles. The normalized spacial score (nSPS) is 11.7. The van der Waals surface area contributed by atoms with Gasteiger partial charge in [0.15, 0.2) is 11.3 Å². The summed E-state index contributed by atoms with van der Waals surface area (Å²) in [6, 6.07) is 44.3. The van der Waals surface area contributed by atoms with Crippen molar-refractivity contribution in [3.05, 3.63) is 151 Å². The first-order valence-electron chi connectivity index (χ1n) is 21.0. The van der Waals surface area contributed by atoms with E-state index in [-0.39, 0.29) is 31.9 Å². The van der Waals surface area contributed by atoms with E-state index in [0.717, 1.165) is 50.9 Å². The van der Waals surface area contributed by atoms with Crippen molar-refractivity contribution >= 4 is 50.9 Å². The third kappa shape index (κ3) is 9.04. The Kier molecular flexibility index (Phi) is 13.2. The van der Waals surface area contributed by atoms with Gasteiger partial charge in [0, 0.05) is 31.2 Å². The molecule has 0 N–H and O–H groups in total. The van der Waals surface area contributed by atoms with Gasteiger partial charge in [0.05, 0.1) is 11.4 Å². The summed E-state index contributed by atoms with van der Waals surface area (Å²) < 4.78 is 10.1. The molecule has 0 unspecified atom stereocenters. The van der Waals surface area contributed by atoms with Crippen LogP contribution in [0.1, 0.15) is 70.1 Å². The molecule has 0 spiro atoms. The molecule has 9 aromatic rings. The molecular formula is C52H52GeIrN6O-2. The van der Waals surface area contributed by atoms with Gasteiger partial charge in [0.1, 0.15) is 11.9 Å². The smallest absolute Gasteiger partial charge is 0.197 e. The molecule has 0 fully saturated rings. The number of fused-ring (bicyclic) bond motifs is 4. The third-order valence-electron chi connectivity index (χ3n) is 10.9. The van der Waals surface area contributed by atoms with Crippen LogP contribution in [0.15, 0.2) is 126 Å². The molecule has 0 saturated carbocycles. The van der Waals surface area contributed by atoms with Gasteiger partial charge < -0.3 is 8.98 Å². The molecule has 0 amide bonds. The van der Waals surface area contributed by atoms with E-state index in [1.54, 1.807) is 4.40 Å². The van der Waals surface area contributed by atoms with Crippen molar-refractivity contribution in [1.29, 1.82) is 0 Å². The molecule has 0 bridgehead atoms. The van der Waals surface area contributed by atoms with E-state index in [2.05, 4.69) is 158 Å². The summed E-state index contributed by atoms with van der Waals surface area (Å²) in [4.78, 5) is 14.2. The molecule has 1 radical (unpaired) electrons. The average Bonchev–Trinajstić information content (AvgIpc) is 3.82. The molecule has 7 nitrogen and oxygen atoms in total. The number of furan rings is 1. The third-order valence-corrected chi connectivity index (χ3v) is 15.3. The van der Waals surface area contributed by atoms with Gasteiger partial charge >= 0.3 is 126 Å². The Morgan fingerprint density at radius 2 is 1.43 bits per heavy atom. The first-order chi connectivity index (χ1) is 28.9. The number of benzene rings is 5. The minimum Gasteiger partial charge on any atom is -0.501 e. The maximum atomic E-state index is 6.42. The summed E-state index contributed by atoms with van der Waals surface area (Å²) in [6.45, 7) is 13.5. The van der Waals surface area contributed by atoms with E-state index in [4.69, 9.17) is 14.4 Å². The molecule has 0 saturated heterocycles. The fourth-order valence-electron chi connectivity index (χ4n) is 8.07. The predicted molar refractivity (Wildman–Crippen MR) is 250 cm³/mol. The van der Waals surface area contributed by atoms with Gasteiger partial charge in [-0.15, -0.1) is 28.4 Å². The zero-order valence-electron chi connectivity index (χ0n) is 36.4. The number of hydrogen-bond donors (Lipinski definition) is 0. The Hall–Kier alpha value is -5.28. The summed E-state index contributed by atoms with van der Waals surface area (Å²) in [5.74, 6) is 9.14. The Bertz CT molecular complexity index is 2900. The van der Waals surface area contributed by atoms with Crippen molar-refractivity contribution in [2.24, 2.45) is 5.92 Å². The van der Waals surface area contributed by atoms with Gasteiger partial charge in [0.2, 0.25) is 0 Å². The van der Waals surface area contributed by atoms with Crippen LogP contribution < -0.4 is 4.40 Å². The van der Waals surface area contributed by atoms with E-state index >= 15 is 0 Å². The molecular weight excluding hydrogens is 989 g/mol. The molecule has 9 heteroatoms. The number of pyridine rings is 1. The Balaban J connectivity index is 0.000000226. The standard InChI is InChI=1S/C34H28N5O.C18H24GeN.Ir/c1-20(2)27-17-23(22-11-6-5-7-12-22)18-28(21(3)4)30(27)39-33(37-32-34(39)38-36-19-35-32)26-15-10-14-25-24-13-8-9-16-29(24)40-31(25)26;1-14(2)11-16-12-18(15-9-7-6-8-10-15)20-13-17(16)19(3,4)5;/h5-14,16-21H,1-4H3;6-9,12-14H,11H2,1-5H3;/q2*-1;. The SMILES string of the molecule is CC(C)Cc1cc(-c2[c-]cccc2)nc[c]1[Ge]([CH3])([CH3])[CH3].CC(C)c1cc(-c2ccccc2)cc(C(C)C)c1-n1c(-c2[c-]ccc3c2oc2ccccc23)nc2ncnnc21.[Ir]. The molecule has 4 aromatic heterocycles. The summed E-state index contributed by atoms with van der Waals surface area (Å²) in [5.41, 5.74) is 13.0. The van der Waals surface area contributed by atoms with Crippen LogP contribution in [0.25, 0.3) is 72.7 Å². The van der Waals surface area contributed by atoms with Crippen molar-refractivity contribution < 1.29 is 24.5 Å². The quantitative estimate of drug-likeness (QED) is 0.106. The monoisotopic (exact) mass is 1040 g/mol. The number of hydrogen-bond acceptors (Lipinski definition) is 6. The maximum Gasteiger partial charge on any atom is 0.197 e. The molecule has 0 aliphatic carbocycles. The molecule has 0 atom stereocenters. The Morgan fingerprint density at radius 1 is 0.721 bits per heavy atom. The van der Waals surface area contributed by atoms with Gasteiger partial charge in [-0.3, -0.25) is 4.98 Å². The van der Waals surface area contributed by atoms with E-state index in [0.29, 0.717) is 23.0 Å². The van der Waals surface area contributed by atoms with Gasteiger partial charge in [-0.2, -0.15) is 0 Å². The molecule has 61 heavy (non-hydrogen) atoms. The number of nitrogens with zero attached hydrogens (tertiary/aromatic N) is 6. The van der Waals surface area contributed by atoms with Crippen LogP contribution in [0, 0.1) is 18.1 Å². The zero-order chi connectivity index (χ0) is 42.1. The van der Waals surface area contributed by atoms with Gasteiger partial charge in [-0.1, -0.05) is 87.2 Å². The van der Waals surface area contributed by atoms with E-state index in [9.17, 15) is 0 Å². The molecule has 9 rings (SSSR count). The van der Waals surface area contributed by atoms with Crippen LogP contribution in [0.4, 0.5) is 0 Å². The molecule has 5 aromatic carbocycles. The fourth-order valence-corrected chi connectivity index (χ4v) is 11.4. The summed E-state index contributed by atoms with van der Waals surface area (Å²) in [7, 11) is 0. The number of rotatable bonds is 9. The van der Waals surface area contributed by atoms with Crippen molar-refractivity contribution in [1.82, 2.24) is 29.7 Å². The largest absolute Gasteiger partial charge is 0.501 e. The van der Waals surface area contributed by atoms with Crippen LogP contribution in [0.2, 0.25) is 17.3 Å². The minimum absolute atomic E-state index is 0. The van der Waals surface area contributed by atoms with Crippen LogP contribution in [-0.2, 0) is 26.5 Å². The summed E-state index contributed by atoms with van der Waals surface area (Å²) in [5, 5.41) is 10.8. The summed E-state index contributed by atoms with van der Waals surface area (Å²) in [6.07, 6.45) is 4.72. The van der Waals surface area contributed by atoms with Crippen LogP contribution in [0.3, 0.4) is 0 Å². The maximum absolute atomic E-state index is 6.42. The molecule has 0 aliphatic heterocycles. The van der Waals surface area contributed by atoms with Crippen LogP contribution >= 0.6 is 0 Å². The second kappa shape index (κ2) is 18.4. The molecule has 0 aliphatic rings. The zero-order valence-corrected chi connectivity index (χ0v) is 40.9. The number of aromatic nitrogens is 6. The van der Waals surface area contributed by atoms with E-state index in [1.807, 2.05) is 48.5 Å². The Morgan fingerprint density at radius 3 is 2.10 bits per heavy atom. The first-order valence-corrected chi connectivity index (χ1v) is 28.3. The Labute approximate surface area is 375 Å². The van der Waals surface area contributed by atoms with Gasteiger partial charge in [-0.25, -0.2) is 4.98 Å². The van der Waals surface area contributed by atoms with Crippen LogP contribution in [0.5, 0.6) is 0 Å². The second-order valence-electron chi connectivity index (χ2n) is 17.6.